The van der Waals surface area contributed by atoms with Crippen LogP contribution in [0.3, 0.4) is 0 Å². The summed E-state index contributed by atoms with van der Waals surface area (Å²) in [5, 5.41) is 0. The fourth-order valence-corrected chi connectivity index (χ4v) is 2.70. The van der Waals surface area contributed by atoms with E-state index in [0.717, 1.165) is 25.7 Å². The third kappa shape index (κ3) is 2.62. The molecule has 0 aromatic carbocycles. The van der Waals surface area contributed by atoms with Crippen LogP contribution in [0.5, 0.6) is 0 Å². The molecule has 17 heavy (non-hydrogen) atoms. The van der Waals surface area contributed by atoms with Crippen molar-refractivity contribution in [2.24, 2.45) is 11.8 Å². The molecule has 0 aromatic rings. The van der Waals surface area contributed by atoms with Gasteiger partial charge in [-0.1, -0.05) is 6.42 Å². The zero-order valence-electron chi connectivity index (χ0n) is 10.0. The lowest BCUT2D eigenvalue weighted by Gasteiger charge is -2.29. The number of ketones is 1. The van der Waals surface area contributed by atoms with E-state index in [1.807, 2.05) is 0 Å². The van der Waals surface area contributed by atoms with Crippen molar-refractivity contribution in [3.8, 4) is 0 Å². The van der Waals surface area contributed by atoms with Gasteiger partial charge in [-0.05, 0) is 32.1 Å². The van der Waals surface area contributed by atoms with Crippen molar-refractivity contribution >= 4 is 17.6 Å². The van der Waals surface area contributed by atoms with Crippen molar-refractivity contribution < 1.29 is 14.4 Å². The summed E-state index contributed by atoms with van der Waals surface area (Å²) in [6, 6.07) is 0. The number of hydrogen-bond donors (Lipinski definition) is 0. The highest BCUT2D eigenvalue weighted by molar-refractivity contribution is 6.12. The molecular formula is C13H17NO3. The fraction of sp³-hybridized carbons (Fsp3) is 0.615. The lowest BCUT2D eigenvalue weighted by molar-refractivity contribution is -0.137. The van der Waals surface area contributed by atoms with E-state index < -0.39 is 0 Å². The minimum Gasteiger partial charge on any atom is -0.300 e. The largest absolute Gasteiger partial charge is 0.300 e. The van der Waals surface area contributed by atoms with Gasteiger partial charge in [-0.15, -0.1) is 0 Å². The molecule has 0 aromatic heterocycles. The summed E-state index contributed by atoms with van der Waals surface area (Å²) < 4.78 is 0. The molecule has 1 saturated carbocycles. The number of amides is 2. The molecule has 4 nitrogen and oxygen atoms in total. The van der Waals surface area contributed by atoms with Crippen LogP contribution in [0.4, 0.5) is 0 Å². The molecule has 2 aliphatic rings. The first-order chi connectivity index (χ1) is 8.08. The first kappa shape index (κ1) is 12.0. The van der Waals surface area contributed by atoms with Gasteiger partial charge in [-0.3, -0.25) is 19.3 Å². The van der Waals surface area contributed by atoms with E-state index in [-0.39, 0.29) is 29.4 Å². The van der Waals surface area contributed by atoms with E-state index in [1.165, 1.54) is 17.1 Å². The van der Waals surface area contributed by atoms with E-state index in [0.29, 0.717) is 6.54 Å². The van der Waals surface area contributed by atoms with Crippen LogP contribution >= 0.6 is 0 Å². The Kier molecular flexibility index (Phi) is 3.41. The number of rotatable bonds is 3. The summed E-state index contributed by atoms with van der Waals surface area (Å²) in [5.41, 5.74) is 0. The average Bonchev–Trinajstić information content (AvgIpc) is 2.61. The highest BCUT2D eigenvalue weighted by atomic mass is 16.2. The predicted molar refractivity (Wildman–Crippen MR) is 62.0 cm³/mol. The number of nitrogens with zero attached hydrogens (tertiary/aromatic N) is 1. The Labute approximate surface area is 101 Å². The third-order valence-electron chi connectivity index (χ3n) is 3.70. The molecule has 1 heterocycles. The number of carbonyl (C=O) groups is 3. The molecule has 4 heteroatoms. The summed E-state index contributed by atoms with van der Waals surface area (Å²) in [7, 11) is 0. The Balaban J connectivity index is 1.93. The second-order valence-corrected chi connectivity index (χ2v) is 4.96. The molecular weight excluding hydrogens is 218 g/mol. The van der Waals surface area contributed by atoms with Crippen LogP contribution in [0.15, 0.2) is 12.2 Å². The van der Waals surface area contributed by atoms with Gasteiger partial charge >= 0.3 is 0 Å². The van der Waals surface area contributed by atoms with Crippen LogP contribution in [0.25, 0.3) is 0 Å². The number of hydrogen-bond acceptors (Lipinski definition) is 3. The first-order valence-corrected chi connectivity index (χ1v) is 6.12. The van der Waals surface area contributed by atoms with Gasteiger partial charge < -0.3 is 0 Å². The Bertz CT molecular complexity index is 368. The van der Waals surface area contributed by atoms with Crippen molar-refractivity contribution in [3.63, 3.8) is 0 Å². The maximum Gasteiger partial charge on any atom is 0.253 e. The zero-order valence-corrected chi connectivity index (χ0v) is 10.0. The van der Waals surface area contributed by atoms with Crippen molar-refractivity contribution in [1.29, 1.82) is 0 Å². The minimum atomic E-state index is -0.222. The highest BCUT2D eigenvalue weighted by Crippen LogP contribution is 2.30. The van der Waals surface area contributed by atoms with Crippen LogP contribution in [0.2, 0.25) is 0 Å². The Morgan fingerprint density at radius 2 is 1.94 bits per heavy atom. The Morgan fingerprint density at radius 1 is 1.29 bits per heavy atom. The standard InChI is InChI=1S/C13H17NO3/c1-9(15)11-4-2-3-10(7-11)8-14-12(16)5-6-13(14)17/h5-6,10-11H,2-4,7-8H2,1H3. The molecule has 0 spiro atoms. The van der Waals surface area contributed by atoms with Gasteiger partial charge in [0.15, 0.2) is 0 Å². The van der Waals surface area contributed by atoms with Gasteiger partial charge in [-0.2, -0.15) is 0 Å². The second-order valence-electron chi connectivity index (χ2n) is 4.96. The van der Waals surface area contributed by atoms with E-state index in [1.54, 1.807) is 6.92 Å². The van der Waals surface area contributed by atoms with Gasteiger partial charge in [0.1, 0.15) is 5.78 Å². The summed E-state index contributed by atoms with van der Waals surface area (Å²) >= 11 is 0. The fourth-order valence-electron chi connectivity index (χ4n) is 2.70. The number of imide groups is 1. The molecule has 0 radical (unpaired) electrons. The predicted octanol–water partition coefficient (Wildman–Crippen LogP) is 1.31. The van der Waals surface area contributed by atoms with Crippen molar-refractivity contribution in [2.75, 3.05) is 6.54 Å². The van der Waals surface area contributed by atoms with E-state index >= 15 is 0 Å². The van der Waals surface area contributed by atoms with Crippen LogP contribution in [-0.4, -0.2) is 29.0 Å². The summed E-state index contributed by atoms with van der Waals surface area (Å²) in [5.74, 6) is 0.187. The molecule has 0 bridgehead atoms. The van der Waals surface area contributed by atoms with E-state index in [4.69, 9.17) is 0 Å². The Morgan fingerprint density at radius 3 is 2.53 bits per heavy atom. The lowest BCUT2D eigenvalue weighted by Crippen LogP contribution is -2.37. The van der Waals surface area contributed by atoms with Crippen molar-refractivity contribution in [1.82, 2.24) is 4.90 Å². The SMILES string of the molecule is CC(=O)C1CCCC(CN2C(=O)C=CC2=O)C1. The molecule has 92 valence electrons. The van der Waals surface area contributed by atoms with Crippen LogP contribution in [0.1, 0.15) is 32.6 Å². The number of Topliss-reactive ketones (excluding diaryl/α,β-unsaturated/α-hetero) is 1. The molecule has 1 aliphatic heterocycles. The van der Waals surface area contributed by atoms with Gasteiger partial charge in [0.05, 0.1) is 0 Å². The maximum atomic E-state index is 11.4. The average molecular weight is 235 g/mol. The molecule has 2 unspecified atom stereocenters. The quantitative estimate of drug-likeness (QED) is 0.693. The Hall–Kier alpha value is -1.45. The topological polar surface area (TPSA) is 54.5 Å². The smallest absolute Gasteiger partial charge is 0.253 e. The van der Waals surface area contributed by atoms with Gasteiger partial charge in [0.2, 0.25) is 0 Å². The second kappa shape index (κ2) is 4.82. The zero-order chi connectivity index (χ0) is 12.4. The van der Waals surface area contributed by atoms with Gasteiger partial charge in [-0.25, -0.2) is 0 Å². The van der Waals surface area contributed by atoms with Gasteiger partial charge in [0.25, 0.3) is 11.8 Å². The highest BCUT2D eigenvalue weighted by Gasteiger charge is 2.30. The third-order valence-corrected chi connectivity index (χ3v) is 3.70. The monoisotopic (exact) mass is 235 g/mol. The maximum absolute atomic E-state index is 11.4. The van der Waals surface area contributed by atoms with Crippen LogP contribution in [0, 0.1) is 11.8 Å². The molecule has 0 saturated heterocycles. The van der Waals surface area contributed by atoms with E-state index in [9.17, 15) is 14.4 Å². The molecule has 2 amide bonds. The summed E-state index contributed by atoms with van der Waals surface area (Å²) in [6.07, 6.45) is 6.40. The van der Waals surface area contributed by atoms with Crippen molar-refractivity contribution in [2.45, 2.75) is 32.6 Å². The normalized spacial score (nSPS) is 28.9. The van der Waals surface area contributed by atoms with Gasteiger partial charge in [0, 0.05) is 24.6 Å². The van der Waals surface area contributed by atoms with Crippen LogP contribution in [-0.2, 0) is 14.4 Å². The van der Waals surface area contributed by atoms with E-state index in [2.05, 4.69) is 0 Å². The summed E-state index contributed by atoms with van der Waals surface area (Å²) in [6.45, 7) is 2.09. The first-order valence-electron chi connectivity index (χ1n) is 6.12. The molecule has 2 rings (SSSR count). The minimum absolute atomic E-state index is 0.120. The van der Waals surface area contributed by atoms with Crippen molar-refractivity contribution in [3.05, 3.63) is 12.2 Å². The molecule has 2 atom stereocenters. The summed E-state index contributed by atoms with van der Waals surface area (Å²) in [4.78, 5) is 35.5. The lowest BCUT2D eigenvalue weighted by atomic mass is 9.79. The number of carbonyl (C=O) groups excluding carboxylic acids is 3. The molecule has 0 N–H and O–H groups in total. The molecule has 1 fully saturated rings. The van der Waals surface area contributed by atoms with Crippen LogP contribution < -0.4 is 0 Å². The molecule has 1 aliphatic carbocycles.